The summed E-state index contributed by atoms with van der Waals surface area (Å²) in [6, 6.07) is 12.6. The minimum absolute atomic E-state index is 0. The van der Waals surface area contributed by atoms with Gasteiger partial charge in [-0.05, 0) is 42.4 Å². The second-order valence-corrected chi connectivity index (χ2v) is 7.90. The van der Waals surface area contributed by atoms with Gasteiger partial charge < -0.3 is 15.0 Å². The highest BCUT2D eigenvalue weighted by atomic mass is 35.5. The number of pyridine rings is 1. The van der Waals surface area contributed by atoms with Gasteiger partial charge in [0, 0.05) is 31.2 Å². The highest BCUT2D eigenvalue weighted by molar-refractivity contribution is 5.97. The number of aryl methyl sites for hydroxylation is 2. The maximum atomic E-state index is 13.6. The van der Waals surface area contributed by atoms with Crippen LogP contribution in [0.3, 0.4) is 0 Å². The summed E-state index contributed by atoms with van der Waals surface area (Å²) in [5, 5.41) is 3.50. The van der Waals surface area contributed by atoms with Crippen LogP contribution in [0.4, 0.5) is 0 Å². The van der Waals surface area contributed by atoms with Crippen molar-refractivity contribution < 1.29 is 9.53 Å². The van der Waals surface area contributed by atoms with E-state index in [1.54, 1.807) is 7.11 Å². The number of nitrogens with one attached hydrogen (secondary N) is 1. The third kappa shape index (κ3) is 3.07. The Morgan fingerprint density at radius 2 is 2.04 bits per heavy atom. The van der Waals surface area contributed by atoms with E-state index in [9.17, 15) is 4.79 Å². The van der Waals surface area contributed by atoms with Crippen LogP contribution in [-0.2, 0) is 12.8 Å². The standard InChI is InChI=1S/C22H25N3O2.ClH/c1-27-21-17(10-15-8-5-9-19(15)24-21)22(26)25-13-16-11-23-12-18(16)20(25)14-6-3-2-4-7-14;/h2-4,6-7,10,16,18,20,23H,5,8-9,11-13H2,1H3;1H/t16-,18-,20+;/m0./s1. The molecule has 3 heterocycles. The van der Waals surface area contributed by atoms with Crippen LogP contribution < -0.4 is 10.1 Å². The molecule has 2 saturated heterocycles. The lowest BCUT2D eigenvalue weighted by Gasteiger charge is -2.29. The number of likely N-dealkylation sites (tertiary alicyclic amines) is 1. The summed E-state index contributed by atoms with van der Waals surface area (Å²) in [7, 11) is 1.61. The monoisotopic (exact) mass is 399 g/mol. The van der Waals surface area contributed by atoms with Crippen LogP contribution in [0.1, 0.15) is 39.6 Å². The predicted molar refractivity (Wildman–Crippen MR) is 110 cm³/mol. The number of benzene rings is 1. The summed E-state index contributed by atoms with van der Waals surface area (Å²) in [6.07, 6.45) is 3.09. The van der Waals surface area contributed by atoms with Crippen molar-refractivity contribution in [1.82, 2.24) is 15.2 Å². The zero-order valence-electron chi connectivity index (χ0n) is 16.1. The SMILES string of the molecule is COc1nc2c(cc1C(=O)N1C[C@@H]3CNC[C@@H]3[C@H]1c1ccccc1)CCC2.Cl. The fourth-order valence-corrected chi connectivity index (χ4v) is 5.12. The van der Waals surface area contributed by atoms with Gasteiger partial charge in [0.05, 0.1) is 13.2 Å². The van der Waals surface area contributed by atoms with Crippen LogP contribution in [0.15, 0.2) is 36.4 Å². The molecular formula is C22H26ClN3O2. The van der Waals surface area contributed by atoms with Gasteiger partial charge in [0.1, 0.15) is 5.56 Å². The third-order valence-corrected chi connectivity index (χ3v) is 6.41. The number of aromatic nitrogens is 1. The van der Waals surface area contributed by atoms with Gasteiger partial charge in [-0.15, -0.1) is 12.4 Å². The number of fused-ring (bicyclic) bond motifs is 2. The van der Waals surface area contributed by atoms with Crippen LogP contribution in [0.5, 0.6) is 5.88 Å². The van der Waals surface area contributed by atoms with Crippen LogP contribution >= 0.6 is 12.4 Å². The maximum Gasteiger partial charge on any atom is 0.259 e. The van der Waals surface area contributed by atoms with Crippen molar-refractivity contribution in [2.75, 3.05) is 26.7 Å². The van der Waals surface area contributed by atoms with Crippen molar-refractivity contribution in [2.45, 2.75) is 25.3 Å². The quantitative estimate of drug-likeness (QED) is 0.861. The molecule has 1 aromatic heterocycles. The Morgan fingerprint density at radius 1 is 1.21 bits per heavy atom. The fraction of sp³-hybridized carbons (Fsp3) is 0.455. The normalized spacial score (nSPS) is 25.2. The first-order valence-electron chi connectivity index (χ1n) is 9.89. The van der Waals surface area contributed by atoms with E-state index >= 15 is 0 Å². The Balaban J connectivity index is 0.00000192. The molecule has 1 aliphatic carbocycles. The number of hydrogen-bond donors (Lipinski definition) is 1. The second-order valence-electron chi connectivity index (χ2n) is 7.90. The Kier molecular flexibility index (Phi) is 5.30. The molecule has 3 atom stereocenters. The van der Waals surface area contributed by atoms with E-state index in [1.165, 1.54) is 11.1 Å². The highest BCUT2D eigenvalue weighted by Crippen LogP contribution is 2.44. The highest BCUT2D eigenvalue weighted by Gasteiger charge is 2.47. The summed E-state index contributed by atoms with van der Waals surface area (Å²) in [4.78, 5) is 20.3. The van der Waals surface area contributed by atoms with Crippen molar-refractivity contribution in [2.24, 2.45) is 11.8 Å². The Labute approximate surface area is 171 Å². The van der Waals surface area contributed by atoms with Crippen LogP contribution in [0.2, 0.25) is 0 Å². The molecule has 2 aromatic rings. The van der Waals surface area contributed by atoms with Gasteiger partial charge >= 0.3 is 0 Å². The fourth-order valence-electron chi connectivity index (χ4n) is 5.12. The molecule has 0 spiro atoms. The molecule has 1 amide bonds. The molecule has 1 N–H and O–H groups in total. The first-order valence-corrected chi connectivity index (χ1v) is 9.89. The minimum atomic E-state index is 0. The lowest BCUT2D eigenvalue weighted by atomic mass is 9.89. The number of halogens is 1. The molecule has 6 heteroatoms. The molecule has 1 aromatic carbocycles. The summed E-state index contributed by atoms with van der Waals surface area (Å²) in [5.74, 6) is 1.50. The molecule has 0 bridgehead atoms. The molecule has 5 rings (SSSR count). The van der Waals surface area contributed by atoms with Gasteiger partial charge in [-0.25, -0.2) is 4.98 Å². The second kappa shape index (κ2) is 7.72. The minimum Gasteiger partial charge on any atom is -0.480 e. The zero-order chi connectivity index (χ0) is 18.4. The average molecular weight is 400 g/mol. The van der Waals surface area contributed by atoms with Gasteiger partial charge in [-0.1, -0.05) is 30.3 Å². The largest absolute Gasteiger partial charge is 0.480 e. The molecule has 148 valence electrons. The average Bonchev–Trinajstić information content (AvgIpc) is 3.41. The number of ether oxygens (including phenoxy) is 1. The molecule has 0 saturated carbocycles. The smallest absolute Gasteiger partial charge is 0.259 e. The molecule has 0 unspecified atom stereocenters. The lowest BCUT2D eigenvalue weighted by Crippen LogP contribution is -2.35. The van der Waals surface area contributed by atoms with Gasteiger partial charge in [0.2, 0.25) is 5.88 Å². The molecule has 5 nitrogen and oxygen atoms in total. The number of carbonyl (C=O) groups is 1. The predicted octanol–water partition coefficient (Wildman–Crippen LogP) is 3.03. The van der Waals surface area contributed by atoms with E-state index in [4.69, 9.17) is 4.74 Å². The molecule has 0 radical (unpaired) electrons. The number of hydrogen-bond acceptors (Lipinski definition) is 4. The summed E-state index contributed by atoms with van der Waals surface area (Å²) in [5.41, 5.74) is 4.13. The van der Waals surface area contributed by atoms with Crippen molar-refractivity contribution in [3.8, 4) is 5.88 Å². The Hall–Kier alpha value is -2.11. The van der Waals surface area contributed by atoms with Crippen LogP contribution in [-0.4, -0.2) is 42.5 Å². The number of methoxy groups -OCH3 is 1. The first-order chi connectivity index (χ1) is 13.3. The van der Waals surface area contributed by atoms with E-state index in [2.05, 4.69) is 39.5 Å². The van der Waals surface area contributed by atoms with Gasteiger partial charge in [0.15, 0.2) is 0 Å². The van der Waals surface area contributed by atoms with Crippen molar-refractivity contribution in [1.29, 1.82) is 0 Å². The van der Waals surface area contributed by atoms with E-state index in [0.717, 1.165) is 44.6 Å². The van der Waals surface area contributed by atoms with E-state index < -0.39 is 0 Å². The van der Waals surface area contributed by atoms with Gasteiger partial charge in [-0.2, -0.15) is 0 Å². The number of carbonyl (C=O) groups excluding carboxylic acids is 1. The third-order valence-electron chi connectivity index (χ3n) is 6.41. The number of amides is 1. The van der Waals surface area contributed by atoms with Crippen molar-refractivity contribution in [3.63, 3.8) is 0 Å². The number of nitrogens with zero attached hydrogens (tertiary/aromatic N) is 2. The molecule has 3 aliphatic rings. The van der Waals surface area contributed by atoms with Gasteiger partial charge in [0.25, 0.3) is 5.91 Å². The van der Waals surface area contributed by atoms with Crippen molar-refractivity contribution >= 4 is 18.3 Å². The van der Waals surface area contributed by atoms with Crippen LogP contribution in [0.25, 0.3) is 0 Å². The van der Waals surface area contributed by atoms with Gasteiger partial charge in [-0.3, -0.25) is 4.79 Å². The zero-order valence-corrected chi connectivity index (χ0v) is 16.9. The molecular weight excluding hydrogens is 374 g/mol. The molecule has 2 fully saturated rings. The van der Waals surface area contributed by atoms with E-state index in [1.807, 2.05) is 12.1 Å². The van der Waals surface area contributed by atoms with Crippen molar-refractivity contribution in [3.05, 3.63) is 58.8 Å². The molecule has 28 heavy (non-hydrogen) atoms. The maximum absolute atomic E-state index is 13.6. The summed E-state index contributed by atoms with van der Waals surface area (Å²) in [6.45, 7) is 2.74. The van der Waals surface area contributed by atoms with E-state index in [-0.39, 0.29) is 24.4 Å². The topological polar surface area (TPSA) is 54.5 Å². The Bertz CT molecular complexity index is 874. The molecule has 2 aliphatic heterocycles. The van der Waals surface area contributed by atoms with Crippen LogP contribution in [0, 0.1) is 11.8 Å². The first kappa shape index (κ1) is 19.2. The Morgan fingerprint density at radius 3 is 2.82 bits per heavy atom. The summed E-state index contributed by atoms with van der Waals surface area (Å²) < 4.78 is 5.52. The lowest BCUT2D eigenvalue weighted by molar-refractivity contribution is 0.0709. The van der Waals surface area contributed by atoms with E-state index in [0.29, 0.717) is 23.3 Å². The number of rotatable bonds is 3. The summed E-state index contributed by atoms with van der Waals surface area (Å²) >= 11 is 0.